The molecule has 1 aromatic carbocycles. The van der Waals surface area contributed by atoms with E-state index in [4.69, 9.17) is 0 Å². The zero-order valence-corrected chi connectivity index (χ0v) is 11.6. The van der Waals surface area contributed by atoms with Crippen LogP contribution in [0.1, 0.15) is 37.2 Å². The lowest BCUT2D eigenvalue weighted by atomic mass is 10.1. The van der Waals surface area contributed by atoms with E-state index in [1.807, 2.05) is 0 Å². The monoisotopic (exact) mass is 256 g/mol. The minimum Gasteiger partial charge on any atom is -0.308 e. The summed E-state index contributed by atoms with van der Waals surface area (Å²) in [4.78, 5) is 0. The Labute approximate surface area is 113 Å². The maximum Gasteiger partial charge on any atom is 0.164 e. The number of rotatable bonds is 3. The van der Waals surface area contributed by atoms with Crippen LogP contribution >= 0.6 is 0 Å². The first-order valence-corrected chi connectivity index (χ1v) is 7.03. The summed E-state index contributed by atoms with van der Waals surface area (Å²) in [5.41, 5.74) is 2.42. The smallest absolute Gasteiger partial charge is 0.164 e. The summed E-state index contributed by atoms with van der Waals surface area (Å²) in [6, 6.07) is 8.83. The van der Waals surface area contributed by atoms with Crippen molar-refractivity contribution in [1.82, 2.24) is 20.1 Å². The number of aromatic nitrogens is 3. The molecule has 0 bridgehead atoms. The molecule has 2 aromatic rings. The van der Waals surface area contributed by atoms with Crippen molar-refractivity contribution in [3.05, 3.63) is 35.7 Å². The summed E-state index contributed by atoms with van der Waals surface area (Å²) in [5, 5.41) is 12.4. The normalized spacial score (nSPS) is 18.3. The summed E-state index contributed by atoms with van der Waals surface area (Å²) in [5.74, 6) is 2.09. The van der Waals surface area contributed by atoms with Crippen LogP contribution in [-0.4, -0.2) is 21.3 Å². The van der Waals surface area contributed by atoms with E-state index in [1.54, 1.807) is 0 Å². The van der Waals surface area contributed by atoms with E-state index in [9.17, 15) is 0 Å². The van der Waals surface area contributed by atoms with Crippen LogP contribution in [0.15, 0.2) is 24.3 Å². The highest BCUT2D eigenvalue weighted by atomic mass is 15.3. The number of nitrogens with one attached hydrogen (secondary N) is 1. The minimum atomic E-state index is 0.352. The van der Waals surface area contributed by atoms with Crippen molar-refractivity contribution >= 4 is 0 Å². The van der Waals surface area contributed by atoms with Crippen LogP contribution in [0.25, 0.3) is 11.4 Å². The molecule has 2 heterocycles. The Bertz CT molecular complexity index is 573. The van der Waals surface area contributed by atoms with E-state index in [-0.39, 0.29) is 0 Å². The maximum atomic E-state index is 4.41. The van der Waals surface area contributed by atoms with Gasteiger partial charge in [-0.15, -0.1) is 10.2 Å². The third-order valence-corrected chi connectivity index (χ3v) is 3.67. The van der Waals surface area contributed by atoms with Crippen molar-refractivity contribution in [1.29, 1.82) is 0 Å². The average Bonchev–Trinajstić information content (AvgIpc) is 2.84. The van der Waals surface area contributed by atoms with Gasteiger partial charge in [0, 0.05) is 18.7 Å². The zero-order chi connectivity index (χ0) is 13.2. The van der Waals surface area contributed by atoms with E-state index >= 15 is 0 Å². The quantitative estimate of drug-likeness (QED) is 0.918. The third kappa shape index (κ3) is 2.28. The van der Waals surface area contributed by atoms with Crippen molar-refractivity contribution in [3.63, 3.8) is 0 Å². The fraction of sp³-hybridized carbons (Fsp3) is 0.467. The maximum absolute atomic E-state index is 4.41. The van der Waals surface area contributed by atoms with Crippen LogP contribution in [0.2, 0.25) is 0 Å². The van der Waals surface area contributed by atoms with Gasteiger partial charge in [0.05, 0.1) is 6.04 Å². The second-order valence-electron chi connectivity index (χ2n) is 5.20. The number of fused-ring (bicyclic) bond motifs is 1. The molecule has 19 heavy (non-hydrogen) atoms. The second kappa shape index (κ2) is 5.13. The molecule has 0 spiro atoms. The molecule has 1 atom stereocenters. The highest BCUT2D eigenvalue weighted by molar-refractivity contribution is 5.56. The van der Waals surface area contributed by atoms with Gasteiger partial charge in [0.25, 0.3) is 0 Å². The van der Waals surface area contributed by atoms with E-state index < -0.39 is 0 Å². The molecule has 0 saturated carbocycles. The molecular weight excluding hydrogens is 236 g/mol. The van der Waals surface area contributed by atoms with E-state index in [0.29, 0.717) is 6.04 Å². The lowest BCUT2D eigenvalue weighted by molar-refractivity contribution is 0.394. The summed E-state index contributed by atoms with van der Waals surface area (Å²) in [6.07, 6.45) is 2.27. The van der Waals surface area contributed by atoms with Crippen LogP contribution in [0.3, 0.4) is 0 Å². The van der Waals surface area contributed by atoms with Gasteiger partial charge >= 0.3 is 0 Å². The third-order valence-electron chi connectivity index (χ3n) is 3.67. The molecule has 1 unspecified atom stereocenters. The second-order valence-corrected chi connectivity index (χ2v) is 5.20. The Balaban J connectivity index is 2.01. The highest BCUT2D eigenvalue weighted by Crippen LogP contribution is 2.26. The van der Waals surface area contributed by atoms with Gasteiger partial charge in [-0.05, 0) is 19.4 Å². The van der Waals surface area contributed by atoms with Gasteiger partial charge < -0.3 is 9.88 Å². The van der Waals surface area contributed by atoms with Gasteiger partial charge in [-0.2, -0.15) is 0 Å². The Morgan fingerprint density at radius 3 is 3.05 bits per heavy atom. The standard InChI is InChI=1S/C15H20N4/c1-3-5-13-15-18-17-14(19(15)9-8-16-13)12-7-4-6-11(2)10-12/h4,6-7,10,13,16H,3,5,8-9H2,1-2H3. The molecule has 3 rings (SSSR count). The van der Waals surface area contributed by atoms with Crippen molar-refractivity contribution < 1.29 is 0 Å². The van der Waals surface area contributed by atoms with E-state index in [2.05, 4.69) is 58.2 Å². The van der Waals surface area contributed by atoms with Gasteiger partial charge in [0.1, 0.15) is 0 Å². The first kappa shape index (κ1) is 12.4. The molecule has 0 saturated heterocycles. The van der Waals surface area contributed by atoms with Crippen molar-refractivity contribution in [3.8, 4) is 11.4 Å². The number of benzene rings is 1. The number of nitrogens with zero attached hydrogens (tertiary/aromatic N) is 3. The predicted octanol–water partition coefficient (Wildman–Crippen LogP) is 2.70. The Hall–Kier alpha value is -1.68. The molecule has 0 radical (unpaired) electrons. The van der Waals surface area contributed by atoms with Crippen LogP contribution in [-0.2, 0) is 6.54 Å². The molecule has 0 amide bonds. The lowest BCUT2D eigenvalue weighted by Gasteiger charge is -2.24. The molecule has 1 N–H and O–H groups in total. The molecule has 0 fully saturated rings. The van der Waals surface area contributed by atoms with Gasteiger partial charge in [-0.1, -0.05) is 37.1 Å². The molecule has 4 nitrogen and oxygen atoms in total. The Morgan fingerprint density at radius 1 is 1.37 bits per heavy atom. The van der Waals surface area contributed by atoms with Crippen LogP contribution in [0, 0.1) is 6.92 Å². The number of hydrogen-bond donors (Lipinski definition) is 1. The molecule has 1 aliphatic rings. The fourth-order valence-electron chi connectivity index (χ4n) is 2.75. The molecular formula is C15H20N4. The Morgan fingerprint density at radius 2 is 2.26 bits per heavy atom. The predicted molar refractivity (Wildman–Crippen MR) is 75.8 cm³/mol. The van der Waals surface area contributed by atoms with Crippen LogP contribution < -0.4 is 5.32 Å². The van der Waals surface area contributed by atoms with Crippen LogP contribution in [0.4, 0.5) is 0 Å². The molecule has 4 heteroatoms. The molecule has 100 valence electrons. The molecule has 1 aromatic heterocycles. The van der Waals surface area contributed by atoms with Gasteiger partial charge in [-0.3, -0.25) is 0 Å². The summed E-state index contributed by atoms with van der Waals surface area (Å²) < 4.78 is 2.27. The first-order valence-electron chi connectivity index (χ1n) is 7.03. The fourth-order valence-corrected chi connectivity index (χ4v) is 2.75. The minimum absolute atomic E-state index is 0.352. The van der Waals surface area contributed by atoms with Crippen molar-refractivity contribution in [2.24, 2.45) is 0 Å². The summed E-state index contributed by atoms with van der Waals surface area (Å²) in [6.45, 7) is 6.26. The number of hydrogen-bond acceptors (Lipinski definition) is 3. The lowest BCUT2D eigenvalue weighted by Crippen LogP contribution is -2.33. The van der Waals surface area contributed by atoms with Crippen molar-refractivity contribution in [2.75, 3.05) is 6.54 Å². The van der Waals surface area contributed by atoms with Crippen molar-refractivity contribution in [2.45, 2.75) is 39.3 Å². The first-order chi connectivity index (χ1) is 9.29. The molecule has 1 aliphatic heterocycles. The summed E-state index contributed by atoms with van der Waals surface area (Å²) >= 11 is 0. The average molecular weight is 256 g/mol. The van der Waals surface area contributed by atoms with E-state index in [1.165, 1.54) is 5.56 Å². The topological polar surface area (TPSA) is 42.7 Å². The van der Waals surface area contributed by atoms with E-state index in [0.717, 1.165) is 43.1 Å². The molecule has 0 aliphatic carbocycles. The Kier molecular flexibility index (Phi) is 3.34. The highest BCUT2D eigenvalue weighted by Gasteiger charge is 2.24. The SMILES string of the molecule is CCCC1NCCn2c(-c3cccc(C)c3)nnc21. The van der Waals surface area contributed by atoms with Crippen LogP contribution in [0.5, 0.6) is 0 Å². The van der Waals surface area contributed by atoms with Gasteiger partial charge in [0.15, 0.2) is 11.6 Å². The number of aryl methyl sites for hydroxylation is 1. The van der Waals surface area contributed by atoms with Gasteiger partial charge in [0.2, 0.25) is 0 Å². The largest absolute Gasteiger partial charge is 0.308 e. The summed E-state index contributed by atoms with van der Waals surface area (Å²) in [7, 11) is 0. The zero-order valence-electron chi connectivity index (χ0n) is 11.6. The van der Waals surface area contributed by atoms with Gasteiger partial charge in [-0.25, -0.2) is 0 Å².